The number of amides is 2. The van der Waals surface area contributed by atoms with Gasteiger partial charge in [-0.05, 0) is 45.2 Å². The lowest BCUT2D eigenvalue weighted by Gasteiger charge is -2.31. The molecule has 1 saturated heterocycles. The van der Waals surface area contributed by atoms with Gasteiger partial charge in [-0.3, -0.25) is 4.57 Å². The maximum Gasteiger partial charge on any atom is 0.586 e. The molecular formula is C18H19F2N3O3S. The van der Waals surface area contributed by atoms with Crippen LogP contribution in [0.1, 0.15) is 31.1 Å². The zero-order chi connectivity index (χ0) is 19.2. The number of benzene rings is 1. The van der Waals surface area contributed by atoms with Crippen LogP contribution in [-0.4, -0.2) is 34.4 Å². The largest absolute Gasteiger partial charge is 0.586 e. The Morgan fingerprint density at radius 1 is 1.30 bits per heavy atom. The van der Waals surface area contributed by atoms with Crippen molar-refractivity contribution in [3.05, 3.63) is 34.1 Å². The molecule has 6 nitrogen and oxygen atoms in total. The number of hydrogen-bond acceptors (Lipinski definition) is 4. The number of thiazole rings is 1. The second-order valence-electron chi connectivity index (χ2n) is 6.73. The van der Waals surface area contributed by atoms with Gasteiger partial charge >= 0.3 is 12.3 Å². The number of alkyl halides is 2. The monoisotopic (exact) mass is 395 g/mol. The molecule has 4 rings (SSSR count). The summed E-state index contributed by atoms with van der Waals surface area (Å²) in [7, 11) is 0. The van der Waals surface area contributed by atoms with E-state index in [1.807, 2.05) is 20.0 Å². The molecule has 0 bridgehead atoms. The third-order valence-corrected chi connectivity index (χ3v) is 5.57. The topological polar surface area (TPSA) is 56.1 Å². The van der Waals surface area contributed by atoms with Crippen LogP contribution >= 0.6 is 11.3 Å². The van der Waals surface area contributed by atoms with Crippen LogP contribution in [0.5, 0.6) is 11.5 Å². The summed E-state index contributed by atoms with van der Waals surface area (Å²) >= 11 is 1.36. The van der Waals surface area contributed by atoms with Gasteiger partial charge in [0.25, 0.3) is 0 Å². The smallest absolute Gasteiger partial charge is 0.395 e. The summed E-state index contributed by atoms with van der Waals surface area (Å²) in [5.74, 6) is -0.0659. The molecule has 2 aromatic rings. The lowest BCUT2D eigenvalue weighted by atomic mass is 10.0. The Hall–Kier alpha value is -2.42. The molecule has 1 fully saturated rings. The van der Waals surface area contributed by atoms with Gasteiger partial charge in [0, 0.05) is 29.7 Å². The first-order chi connectivity index (χ1) is 12.8. The fourth-order valence-corrected chi connectivity index (χ4v) is 4.16. The maximum atomic E-state index is 13.3. The molecule has 1 aromatic carbocycles. The summed E-state index contributed by atoms with van der Waals surface area (Å²) in [5, 5.41) is 0. The summed E-state index contributed by atoms with van der Waals surface area (Å²) in [6.45, 7) is 4.63. The molecule has 1 aromatic heterocycles. The van der Waals surface area contributed by atoms with Gasteiger partial charge in [0.2, 0.25) is 0 Å². The van der Waals surface area contributed by atoms with E-state index in [1.54, 1.807) is 15.5 Å². The molecule has 2 aliphatic heterocycles. The van der Waals surface area contributed by atoms with Gasteiger partial charge in [-0.2, -0.15) is 4.99 Å². The molecule has 0 N–H and O–H groups in total. The van der Waals surface area contributed by atoms with Crippen molar-refractivity contribution in [2.75, 3.05) is 6.54 Å². The van der Waals surface area contributed by atoms with Gasteiger partial charge in [0.1, 0.15) is 0 Å². The molecule has 0 spiro atoms. The third kappa shape index (κ3) is 3.55. The van der Waals surface area contributed by atoms with Crippen LogP contribution < -0.4 is 14.3 Å². The van der Waals surface area contributed by atoms with Crippen molar-refractivity contribution in [2.45, 2.75) is 45.4 Å². The number of rotatable bonds is 1. The molecule has 3 heterocycles. The number of aromatic nitrogens is 1. The summed E-state index contributed by atoms with van der Waals surface area (Å²) in [6, 6.07) is 4.39. The average Bonchev–Trinajstić information content (AvgIpc) is 3.11. The van der Waals surface area contributed by atoms with E-state index in [4.69, 9.17) is 0 Å². The van der Waals surface area contributed by atoms with Gasteiger partial charge in [-0.1, -0.05) is 0 Å². The van der Waals surface area contributed by atoms with Crippen molar-refractivity contribution in [3.8, 4) is 17.2 Å². The lowest BCUT2D eigenvalue weighted by Crippen LogP contribution is -2.41. The van der Waals surface area contributed by atoms with E-state index in [-0.39, 0.29) is 23.6 Å². The first kappa shape index (κ1) is 18.0. The fourth-order valence-electron chi connectivity index (χ4n) is 3.33. The van der Waals surface area contributed by atoms with Crippen LogP contribution in [0.4, 0.5) is 13.6 Å². The zero-order valence-electron chi connectivity index (χ0n) is 14.9. The highest BCUT2D eigenvalue weighted by Gasteiger charge is 2.43. The zero-order valence-corrected chi connectivity index (χ0v) is 15.8. The molecule has 0 saturated carbocycles. The van der Waals surface area contributed by atoms with E-state index in [1.165, 1.54) is 23.5 Å². The van der Waals surface area contributed by atoms with E-state index < -0.39 is 6.29 Å². The van der Waals surface area contributed by atoms with E-state index in [0.29, 0.717) is 17.0 Å². The fraction of sp³-hybridized carbons (Fsp3) is 0.444. The van der Waals surface area contributed by atoms with Crippen LogP contribution in [0.15, 0.2) is 29.4 Å². The van der Waals surface area contributed by atoms with E-state index in [9.17, 15) is 13.6 Å². The molecule has 144 valence electrons. The molecule has 0 aliphatic carbocycles. The van der Waals surface area contributed by atoms with E-state index >= 15 is 0 Å². The maximum absolute atomic E-state index is 13.3. The number of carbonyl (C=O) groups excluding carboxylic acids is 1. The minimum absolute atomic E-state index is 0.0204. The van der Waals surface area contributed by atoms with Crippen LogP contribution in [0.25, 0.3) is 5.69 Å². The van der Waals surface area contributed by atoms with Crippen molar-refractivity contribution >= 4 is 17.4 Å². The highest BCUT2D eigenvalue weighted by molar-refractivity contribution is 7.09. The predicted molar refractivity (Wildman–Crippen MR) is 95.6 cm³/mol. The average molecular weight is 395 g/mol. The minimum Gasteiger partial charge on any atom is -0.395 e. The van der Waals surface area contributed by atoms with Gasteiger partial charge in [-0.15, -0.1) is 20.1 Å². The Labute approximate surface area is 158 Å². The Balaban J connectivity index is 1.69. The number of fused-ring (bicyclic) bond motifs is 1. The van der Waals surface area contributed by atoms with Crippen molar-refractivity contribution in [3.63, 3.8) is 0 Å². The van der Waals surface area contributed by atoms with Crippen molar-refractivity contribution in [2.24, 2.45) is 4.99 Å². The normalized spacial score (nSPS) is 21.6. The van der Waals surface area contributed by atoms with Crippen LogP contribution in [-0.2, 0) is 0 Å². The number of aryl methyl sites for hydroxylation is 1. The molecule has 2 aliphatic rings. The van der Waals surface area contributed by atoms with Gasteiger partial charge in [-0.25, -0.2) is 4.79 Å². The van der Waals surface area contributed by atoms with Crippen molar-refractivity contribution in [1.29, 1.82) is 0 Å². The number of halogens is 2. The quantitative estimate of drug-likeness (QED) is 0.732. The van der Waals surface area contributed by atoms with E-state index in [2.05, 4.69) is 14.5 Å². The number of carbonyl (C=O) groups is 1. The number of ether oxygens (including phenoxy) is 2. The summed E-state index contributed by atoms with van der Waals surface area (Å²) in [5.41, 5.74) is 0.567. The number of urea groups is 1. The molecule has 0 radical (unpaired) electrons. The molecule has 27 heavy (non-hydrogen) atoms. The van der Waals surface area contributed by atoms with Crippen LogP contribution in [0, 0.1) is 6.92 Å². The molecule has 9 heteroatoms. The Morgan fingerprint density at radius 2 is 2.07 bits per heavy atom. The summed E-state index contributed by atoms with van der Waals surface area (Å²) in [4.78, 5) is 20.2. The van der Waals surface area contributed by atoms with Crippen molar-refractivity contribution < 1.29 is 23.0 Å². The number of likely N-dealkylation sites (tertiary alicyclic amines) is 1. The van der Waals surface area contributed by atoms with Gasteiger partial charge < -0.3 is 14.4 Å². The number of hydrogen-bond donors (Lipinski definition) is 0. The minimum atomic E-state index is -3.66. The lowest BCUT2D eigenvalue weighted by molar-refractivity contribution is -0.286. The highest BCUT2D eigenvalue weighted by atomic mass is 32.1. The van der Waals surface area contributed by atoms with Crippen LogP contribution in [0.3, 0.4) is 0 Å². The van der Waals surface area contributed by atoms with Gasteiger partial charge in [0.15, 0.2) is 16.3 Å². The molecular weight excluding hydrogens is 376 g/mol. The molecule has 1 atom stereocenters. The highest BCUT2D eigenvalue weighted by Crippen LogP contribution is 2.41. The molecule has 2 amide bonds. The molecule has 1 unspecified atom stereocenters. The standard InChI is InChI=1S/C18H19F2N3O3S/c1-11-5-3-4-8-22(11)16(24)21-17-23(10-12(2)27-17)13-6-7-14-15(9-13)26-18(19,20)25-14/h6-7,9-11H,3-5,8H2,1-2H3. The second-order valence-corrected chi connectivity index (χ2v) is 7.94. The number of piperidine rings is 1. The third-order valence-electron chi connectivity index (χ3n) is 4.67. The summed E-state index contributed by atoms with van der Waals surface area (Å²) in [6.07, 6.45) is 1.22. The second kappa shape index (κ2) is 6.63. The first-order valence-electron chi connectivity index (χ1n) is 8.77. The SMILES string of the molecule is Cc1cn(-c2ccc3c(c2)OC(F)(F)O3)c(=NC(=O)N2CCCCC2C)s1. The number of nitrogens with zero attached hydrogens (tertiary/aromatic N) is 3. The predicted octanol–water partition coefficient (Wildman–Crippen LogP) is 4.06. The Morgan fingerprint density at radius 3 is 2.85 bits per heavy atom. The Bertz CT molecular complexity index is 954. The van der Waals surface area contributed by atoms with E-state index in [0.717, 1.165) is 24.1 Å². The van der Waals surface area contributed by atoms with Crippen LogP contribution in [0.2, 0.25) is 0 Å². The van der Waals surface area contributed by atoms with Crippen molar-refractivity contribution in [1.82, 2.24) is 9.47 Å². The summed E-state index contributed by atoms with van der Waals surface area (Å²) < 4.78 is 37.2. The first-order valence-corrected chi connectivity index (χ1v) is 9.59. The Kier molecular flexibility index (Phi) is 4.41. The van der Waals surface area contributed by atoms with Gasteiger partial charge in [0.05, 0.1) is 5.69 Å².